The van der Waals surface area contributed by atoms with Gasteiger partial charge in [-0.25, -0.2) is 22.5 Å². The fourth-order valence-electron chi connectivity index (χ4n) is 1.37. The molecule has 0 aliphatic carbocycles. The molecule has 96 valence electrons. The number of rotatable bonds is 5. The summed E-state index contributed by atoms with van der Waals surface area (Å²) >= 11 is 1.47. The van der Waals surface area contributed by atoms with Gasteiger partial charge in [0.2, 0.25) is 10.0 Å². The molecule has 0 aliphatic rings. The number of aromatic nitrogens is 1. The third-order valence-electron chi connectivity index (χ3n) is 2.28. The molecule has 0 unspecified atom stereocenters. The largest absolute Gasteiger partial charge is 0.250 e. The predicted molar refractivity (Wildman–Crippen MR) is 67.4 cm³/mol. The van der Waals surface area contributed by atoms with Gasteiger partial charge >= 0.3 is 0 Å². The minimum absolute atomic E-state index is 0.0576. The Balaban J connectivity index is 1.97. The molecule has 0 radical (unpaired) electrons. The van der Waals surface area contributed by atoms with Gasteiger partial charge in [-0.2, -0.15) is 0 Å². The molecule has 0 saturated carbocycles. The second kappa shape index (κ2) is 5.55. The van der Waals surface area contributed by atoms with Crippen molar-refractivity contribution in [2.45, 2.75) is 11.3 Å². The number of sulfonamides is 1. The van der Waals surface area contributed by atoms with Gasteiger partial charge in [-0.05, 0) is 24.3 Å². The Labute approximate surface area is 109 Å². The molecule has 2 rings (SSSR count). The lowest BCUT2D eigenvalue weighted by molar-refractivity contribution is 0.580. The van der Waals surface area contributed by atoms with E-state index in [1.807, 2.05) is 5.38 Å². The Morgan fingerprint density at radius 3 is 2.61 bits per heavy atom. The maximum Gasteiger partial charge on any atom is 0.240 e. The molecule has 0 amide bonds. The van der Waals surface area contributed by atoms with Gasteiger partial charge in [-0.15, -0.1) is 11.3 Å². The molecule has 1 aromatic heterocycles. The molecule has 1 heterocycles. The Hall–Kier alpha value is -1.31. The van der Waals surface area contributed by atoms with Crippen molar-refractivity contribution in [1.82, 2.24) is 9.71 Å². The second-order valence-corrected chi connectivity index (χ2v) is 6.07. The number of hydrogen-bond donors (Lipinski definition) is 1. The zero-order valence-corrected chi connectivity index (χ0v) is 11.0. The van der Waals surface area contributed by atoms with Crippen LogP contribution in [0.25, 0.3) is 0 Å². The van der Waals surface area contributed by atoms with Crippen LogP contribution in [0.15, 0.2) is 40.1 Å². The van der Waals surface area contributed by atoms with Crippen LogP contribution >= 0.6 is 11.3 Å². The summed E-state index contributed by atoms with van der Waals surface area (Å²) in [5, 5.41) is 1.87. The molecule has 18 heavy (non-hydrogen) atoms. The van der Waals surface area contributed by atoms with Crippen molar-refractivity contribution in [3.8, 4) is 0 Å². The molecular weight excluding hydrogens is 275 g/mol. The highest BCUT2D eigenvalue weighted by Gasteiger charge is 2.13. The summed E-state index contributed by atoms with van der Waals surface area (Å²) in [5.74, 6) is -0.462. The molecule has 0 atom stereocenters. The van der Waals surface area contributed by atoms with Crippen LogP contribution in [0, 0.1) is 5.82 Å². The van der Waals surface area contributed by atoms with Crippen molar-refractivity contribution >= 4 is 21.4 Å². The van der Waals surface area contributed by atoms with Crippen molar-refractivity contribution in [2.75, 3.05) is 6.54 Å². The third kappa shape index (κ3) is 3.34. The number of thiazole rings is 1. The van der Waals surface area contributed by atoms with Crippen LogP contribution < -0.4 is 4.72 Å². The molecular formula is C11H11FN2O2S2. The van der Waals surface area contributed by atoms with E-state index in [1.165, 1.54) is 23.5 Å². The summed E-state index contributed by atoms with van der Waals surface area (Å²) in [6.45, 7) is 0.267. The minimum Gasteiger partial charge on any atom is -0.250 e. The normalized spacial score (nSPS) is 11.6. The number of hydrogen-bond acceptors (Lipinski definition) is 4. The van der Waals surface area contributed by atoms with E-state index in [2.05, 4.69) is 9.71 Å². The lowest BCUT2D eigenvalue weighted by Crippen LogP contribution is -2.26. The van der Waals surface area contributed by atoms with Gasteiger partial charge in [-0.3, -0.25) is 0 Å². The second-order valence-electron chi connectivity index (χ2n) is 3.58. The average molecular weight is 286 g/mol. The molecule has 1 aromatic carbocycles. The van der Waals surface area contributed by atoms with Crippen LogP contribution in [0.2, 0.25) is 0 Å². The Bertz CT molecular complexity index is 594. The van der Waals surface area contributed by atoms with Gasteiger partial charge in [0.15, 0.2) is 0 Å². The molecule has 0 fully saturated rings. The fraction of sp³-hybridized carbons (Fsp3) is 0.182. The Kier molecular flexibility index (Phi) is 4.05. The van der Waals surface area contributed by atoms with Gasteiger partial charge in [0, 0.05) is 18.3 Å². The quantitative estimate of drug-likeness (QED) is 0.912. The summed E-state index contributed by atoms with van der Waals surface area (Å²) in [6.07, 6.45) is 0.532. The summed E-state index contributed by atoms with van der Waals surface area (Å²) in [5.41, 5.74) is 2.55. The van der Waals surface area contributed by atoms with Crippen molar-refractivity contribution < 1.29 is 12.8 Å². The first-order valence-electron chi connectivity index (χ1n) is 5.20. The van der Waals surface area contributed by atoms with E-state index in [1.54, 1.807) is 5.51 Å². The maximum absolute atomic E-state index is 12.7. The molecule has 0 spiro atoms. The van der Waals surface area contributed by atoms with Crippen LogP contribution in [0.4, 0.5) is 4.39 Å². The number of benzene rings is 1. The Morgan fingerprint density at radius 1 is 1.28 bits per heavy atom. The fourth-order valence-corrected chi connectivity index (χ4v) is 3.00. The molecule has 7 heteroatoms. The summed E-state index contributed by atoms with van der Waals surface area (Å²) < 4.78 is 38.8. The average Bonchev–Trinajstić information content (AvgIpc) is 2.82. The number of nitrogens with zero attached hydrogens (tertiary/aromatic N) is 1. The van der Waals surface area contributed by atoms with Crippen LogP contribution in [0.1, 0.15) is 5.69 Å². The maximum atomic E-state index is 12.7. The van der Waals surface area contributed by atoms with E-state index in [4.69, 9.17) is 0 Å². The summed E-state index contributed by atoms with van der Waals surface area (Å²) in [7, 11) is -3.57. The van der Waals surface area contributed by atoms with E-state index in [-0.39, 0.29) is 11.4 Å². The van der Waals surface area contributed by atoms with Crippen molar-refractivity contribution in [2.24, 2.45) is 0 Å². The smallest absolute Gasteiger partial charge is 0.240 e. The SMILES string of the molecule is O=S(=O)(NCCc1cscn1)c1ccc(F)cc1. The van der Waals surface area contributed by atoms with Crippen LogP contribution in [0.5, 0.6) is 0 Å². The van der Waals surface area contributed by atoms with Gasteiger partial charge < -0.3 is 0 Å². The van der Waals surface area contributed by atoms with Gasteiger partial charge in [0.1, 0.15) is 5.82 Å². The first-order valence-corrected chi connectivity index (χ1v) is 7.63. The zero-order valence-electron chi connectivity index (χ0n) is 9.34. The lowest BCUT2D eigenvalue weighted by atomic mass is 10.3. The van der Waals surface area contributed by atoms with Crippen molar-refractivity contribution in [1.29, 1.82) is 0 Å². The van der Waals surface area contributed by atoms with Crippen LogP contribution in [-0.2, 0) is 16.4 Å². The van der Waals surface area contributed by atoms with Crippen molar-refractivity contribution in [3.05, 3.63) is 46.7 Å². The highest BCUT2D eigenvalue weighted by atomic mass is 32.2. The molecule has 0 bridgehead atoms. The molecule has 2 aromatic rings. The van der Waals surface area contributed by atoms with E-state index in [9.17, 15) is 12.8 Å². The third-order valence-corrected chi connectivity index (χ3v) is 4.39. The van der Waals surface area contributed by atoms with Crippen molar-refractivity contribution in [3.63, 3.8) is 0 Å². The number of nitrogens with one attached hydrogen (secondary N) is 1. The first kappa shape index (κ1) is 13.1. The summed E-state index contributed by atoms with van der Waals surface area (Å²) in [6, 6.07) is 4.71. The van der Waals surface area contributed by atoms with E-state index >= 15 is 0 Å². The highest BCUT2D eigenvalue weighted by molar-refractivity contribution is 7.89. The van der Waals surface area contributed by atoms with Gasteiger partial charge in [0.05, 0.1) is 16.1 Å². The lowest BCUT2D eigenvalue weighted by Gasteiger charge is -2.05. The van der Waals surface area contributed by atoms with E-state index in [0.29, 0.717) is 6.42 Å². The van der Waals surface area contributed by atoms with Gasteiger partial charge in [0.25, 0.3) is 0 Å². The Morgan fingerprint density at radius 2 is 2.00 bits per heavy atom. The first-order chi connectivity index (χ1) is 8.58. The molecule has 0 aliphatic heterocycles. The summed E-state index contributed by atoms with van der Waals surface area (Å²) in [4.78, 5) is 4.11. The van der Waals surface area contributed by atoms with Gasteiger partial charge in [-0.1, -0.05) is 0 Å². The van der Waals surface area contributed by atoms with Crippen LogP contribution in [0.3, 0.4) is 0 Å². The van der Waals surface area contributed by atoms with Crippen LogP contribution in [-0.4, -0.2) is 19.9 Å². The molecule has 4 nitrogen and oxygen atoms in total. The molecule has 1 N–H and O–H groups in total. The standard InChI is InChI=1S/C11H11FN2O2S2/c12-9-1-3-11(4-2-9)18(15,16)14-6-5-10-7-17-8-13-10/h1-4,7-8,14H,5-6H2. The van der Waals surface area contributed by atoms with E-state index < -0.39 is 15.8 Å². The topological polar surface area (TPSA) is 59.1 Å². The zero-order chi connectivity index (χ0) is 13.0. The highest BCUT2D eigenvalue weighted by Crippen LogP contribution is 2.09. The number of halogens is 1. The van der Waals surface area contributed by atoms with E-state index in [0.717, 1.165) is 17.8 Å². The molecule has 0 saturated heterocycles. The predicted octanol–water partition coefficient (Wildman–Crippen LogP) is 1.80. The monoisotopic (exact) mass is 286 g/mol. The minimum atomic E-state index is -3.57.